The van der Waals surface area contributed by atoms with Crippen molar-refractivity contribution in [3.63, 3.8) is 0 Å². The molecule has 1 atom stereocenters. The van der Waals surface area contributed by atoms with Gasteiger partial charge in [-0.1, -0.05) is 24.3 Å². The molecule has 0 saturated carbocycles. The summed E-state index contributed by atoms with van der Waals surface area (Å²) in [5.74, 6) is 0.415. The lowest BCUT2D eigenvalue weighted by Gasteiger charge is -2.33. The van der Waals surface area contributed by atoms with Crippen LogP contribution in [0.2, 0.25) is 0 Å². The molecule has 0 spiro atoms. The van der Waals surface area contributed by atoms with Gasteiger partial charge in [0.05, 0.1) is 26.3 Å². The molecule has 0 N–H and O–H groups in total. The highest BCUT2D eigenvalue weighted by Gasteiger charge is 2.22. The quantitative estimate of drug-likeness (QED) is 0.758. The van der Waals surface area contributed by atoms with E-state index in [4.69, 9.17) is 0 Å². The number of aromatic nitrogens is 2. The van der Waals surface area contributed by atoms with E-state index in [1.807, 2.05) is 17.1 Å². The molecular weight excluding hydrogens is 314 g/mol. The number of nitrogens with zero attached hydrogens (tertiary/aromatic N) is 3. The number of ether oxygens (including phenoxy) is 1. The van der Waals surface area contributed by atoms with Crippen molar-refractivity contribution in [2.75, 3.05) is 20.2 Å². The topological polar surface area (TPSA) is 47.4 Å². The van der Waals surface area contributed by atoms with Gasteiger partial charge in [0.2, 0.25) is 0 Å². The molecule has 1 unspecified atom stereocenters. The van der Waals surface area contributed by atoms with Crippen molar-refractivity contribution in [2.45, 2.75) is 45.2 Å². The molecule has 134 valence electrons. The van der Waals surface area contributed by atoms with Crippen LogP contribution in [0.4, 0.5) is 0 Å². The Morgan fingerprint density at radius 3 is 3.00 bits per heavy atom. The third-order valence-corrected chi connectivity index (χ3v) is 5.00. The highest BCUT2D eigenvalue weighted by Crippen LogP contribution is 2.29. The maximum atomic E-state index is 11.2. The Bertz CT molecular complexity index is 710. The van der Waals surface area contributed by atoms with E-state index < -0.39 is 0 Å². The summed E-state index contributed by atoms with van der Waals surface area (Å²) in [5.41, 5.74) is 4.08. The summed E-state index contributed by atoms with van der Waals surface area (Å²) in [6.45, 7) is 5.92. The molecule has 2 heterocycles. The summed E-state index contributed by atoms with van der Waals surface area (Å²) in [4.78, 5) is 13.8. The molecule has 25 heavy (non-hydrogen) atoms. The summed E-state index contributed by atoms with van der Waals surface area (Å²) in [6, 6.07) is 8.74. The van der Waals surface area contributed by atoms with Gasteiger partial charge in [0.25, 0.3) is 0 Å². The van der Waals surface area contributed by atoms with Gasteiger partial charge in [0, 0.05) is 24.8 Å². The summed E-state index contributed by atoms with van der Waals surface area (Å²) in [6.07, 6.45) is 6.81. The largest absolute Gasteiger partial charge is 0.469 e. The number of hydrogen-bond acceptors (Lipinski definition) is 4. The zero-order valence-corrected chi connectivity index (χ0v) is 15.1. The van der Waals surface area contributed by atoms with Crippen LogP contribution in [0.25, 0.3) is 0 Å². The van der Waals surface area contributed by atoms with E-state index in [0.29, 0.717) is 18.9 Å². The summed E-state index contributed by atoms with van der Waals surface area (Å²) in [7, 11) is 1.41. The molecule has 0 amide bonds. The van der Waals surface area contributed by atoms with Gasteiger partial charge in [-0.3, -0.25) is 14.4 Å². The Kier molecular flexibility index (Phi) is 5.87. The van der Waals surface area contributed by atoms with Gasteiger partial charge >= 0.3 is 5.97 Å². The standard InChI is InChI=1S/C20H27N3O2/c1-16-6-3-4-8-19(16)18-7-5-10-22(15-18)13-17-12-21-23(14-17)11-9-20(24)25-2/h3-4,6,8,12,14,18H,5,7,9-11,13,15H2,1-2H3. The van der Waals surface area contributed by atoms with E-state index in [9.17, 15) is 4.79 Å². The van der Waals surface area contributed by atoms with E-state index >= 15 is 0 Å². The minimum atomic E-state index is -0.200. The van der Waals surface area contributed by atoms with E-state index in [1.54, 1.807) is 0 Å². The van der Waals surface area contributed by atoms with E-state index in [1.165, 1.54) is 36.6 Å². The predicted octanol–water partition coefficient (Wildman–Crippen LogP) is 3.13. The molecule has 1 saturated heterocycles. The van der Waals surface area contributed by atoms with Crippen LogP contribution in [0.1, 0.15) is 41.9 Å². The minimum absolute atomic E-state index is 0.200. The first-order valence-corrected chi connectivity index (χ1v) is 9.01. The van der Waals surface area contributed by atoms with Crippen molar-refractivity contribution in [2.24, 2.45) is 0 Å². The third-order valence-electron chi connectivity index (χ3n) is 5.00. The highest BCUT2D eigenvalue weighted by molar-refractivity contribution is 5.68. The van der Waals surface area contributed by atoms with Crippen LogP contribution in [0.3, 0.4) is 0 Å². The van der Waals surface area contributed by atoms with Gasteiger partial charge in [-0.05, 0) is 43.4 Å². The Hall–Kier alpha value is -2.14. The zero-order valence-electron chi connectivity index (χ0n) is 15.1. The molecule has 0 radical (unpaired) electrons. The molecule has 1 aliphatic heterocycles. The second kappa shape index (κ2) is 8.30. The molecule has 0 aliphatic carbocycles. The fraction of sp³-hybridized carbons (Fsp3) is 0.500. The zero-order chi connectivity index (χ0) is 17.6. The number of carbonyl (C=O) groups is 1. The molecule has 5 nitrogen and oxygen atoms in total. The predicted molar refractivity (Wildman–Crippen MR) is 97.3 cm³/mol. The SMILES string of the molecule is COC(=O)CCn1cc(CN2CCCC(c3ccccc3C)C2)cn1. The molecular formula is C20H27N3O2. The number of methoxy groups -OCH3 is 1. The number of rotatable bonds is 6. The van der Waals surface area contributed by atoms with Crippen LogP contribution in [-0.2, 0) is 22.6 Å². The molecule has 3 rings (SSSR count). The van der Waals surface area contributed by atoms with E-state index in [0.717, 1.165) is 19.6 Å². The third kappa shape index (κ3) is 4.69. The van der Waals surface area contributed by atoms with Gasteiger partial charge in [-0.2, -0.15) is 5.10 Å². The lowest BCUT2D eigenvalue weighted by molar-refractivity contribution is -0.140. The lowest BCUT2D eigenvalue weighted by Crippen LogP contribution is -2.34. The van der Waals surface area contributed by atoms with Gasteiger partial charge in [-0.15, -0.1) is 0 Å². The fourth-order valence-corrected chi connectivity index (χ4v) is 3.67. The normalized spacial score (nSPS) is 18.2. The first kappa shape index (κ1) is 17.7. The first-order chi connectivity index (χ1) is 12.2. The average Bonchev–Trinajstić information content (AvgIpc) is 3.07. The van der Waals surface area contributed by atoms with Gasteiger partial charge in [0.15, 0.2) is 0 Å². The Morgan fingerprint density at radius 1 is 1.36 bits per heavy atom. The maximum absolute atomic E-state index is 11.2. The van der Waals surface area contributed by atoms with Crippen LogP contribution < -0.4 is 0 Å². The van der Waals surface area contributed by atoms with Crippen molar-refractivity contribution in [3.8, 4) is 0 Å². The summed E-state index contributed by atoms with van der Waals surface area (Å²) in [5, 5.41) is 4.36. The second-order valence-corrected chi connectivity index (χ2v) is 6.87. The number of aryl methyl sites for hydroxylation is 2. The van der Waals surface area contributed by atoms with Gasteiger partial charge < -0.3 is 4.74 Å². The Labute approximate surface area is 149 Å². The number of likely N-dealkylation sites (tertiary alicyclic amines) is 1. The van der Waals surface area contributed by atoms with Crippen LogP contribution in [0.5, 0.6) is 0 Å². The van der Waals surface area contributed by atoms with Crippen LogP contribution in [-0.4, -0.2) is 40.8 Å². The van der Waals surface area contributed by atoms with Crippen LogP contribution >= 0.6 is 0 Å². The molecule has 5 heteroatoms. The Balaban J connectivity index is 1.57. The molecule has 1 aromatic heterocycles. The van der Waals surface area contributed by atoms with Crippen molar-refractivity contribution in [1.29, 1.82) is 0 Å². The second-order valence-electron chi connectivity index (χ2n) is 6.87. The molecule has 1 aliphatic rings. The first-order valence-electron chi connectivity index (χ1n) is 9.01. The number of carbonyl (C=O) groups excluding carboxylic acids is 1. The molecule has 0 bridgehead atoms. The van der Waals surface area contributed by atoms with Gasteiger partial charge in [-0.25, -0.2) is 0 Å². The van der Waals surface area contributed by atoms with Crippen molar-refractivity contribution in [1.82, 2.24) is 14.7 Å². The number of piperidine rings is 1. The monoisotopic (exact) mass is 341 g/mol. The maximum Gasteiger partial charge on any atom is 0.307 e. The van der Waals surface area contributed by atoms with Crippen molar-refractivity contribution in [3.05, 3.63) is 53.3 Å². The minimum Gasteiger partial charge on any atom is -0.469 e. The number of esters is 1. The fourth-order valence-electron chi connectivity index (χ4n) is 3.67. The van der Waals surface area contributed by atoms with E-state index in [2.05, 4.69) is 45.9 Å². The number of hydrogen-bond donors (Lipinski definition) is 0. The van der Waals surface area contributed by atoms with E-state index in [-0.39, 0.29) is 5.97 Å². The molecule has 1 fully saturated rings. The molecule has 1 aromatic carbocycles. The lowest BCUT2D eigenvalue weighted by atomic mass is 9.88. The average molecular weight is 341 g/mol. The summed E-state index contributed by atoms with van der Waals surface area (Å²) >= 11 is 0. The summed E-state index contributed by atoms with van der Waals surface area (Å²) < 4.78 is 6.50. The molecule has 2 aromatic rings. The smallest absolute Gasteiger partial charge is 0.307 e. The van der Waals surface area contributed by atoms with Gasteiger partial charge in [0.1, 0.15) is 0 Å². The Morgan fingerprint density at radius 2 is 2.20 bits per heavy atom. The number of benzene rings is 1. The van der Waals surface area contributed by atoms with Crippen LogP contribution in [0, 0.1) is 6.92 Å². The van der Waals surface area contributed by atoms with Crippen molar-refractivity contribution < 1.29 is 9.53 Å². The van der Waals surface area contributed by atoms with Crippen LogP contribution in [0.15, 0.2) is 36.7 Å². The van der Waals surface area contributed by atoms with Crippen molar-refractivity contribution >= 4 is 5.97 Å². The highest BCUT2D eigenvalue weighted by atomic mass is 16.5.